The highest BCUT2D eigenvalue weighted by Crippen LogP contribution is 2.22. The van der Waals surface area contributed by atoms with Crippen molar-refractivity contribution in [3.05, 3.63) is 36.0 Å². The Hall–Kier alpha value is -1.81. The summed E-state index contributed by atoms with van der Waals surface area (Å²) in [5.41, 5.74) is 2.37. The molecule has 1 aromatic heterocycles. The first-order valence-electron chi connectivity index (χ1n) is 6.94. The van der Waals surface area contributed by atoms with E-state index in [1.54, 1.807) is 0 Å². The lowest BCUT2D eigenvalue weighted by Gasteiger charge is -2.22. The van der Waals surface area contributed by atoms with Gasteiger partial charge in [-0.1, -0.05) is 32.0 Å². The summed E-state index contributed by atoms with van der Waals surface area (Å²) < 4.78 is 2.10. The van der Waals surface area contributed by atoms with Gasteiger partial charge in [-0.15, -0.1) is 0 Å². The topological polar surface area (TPSA) is 45.5 Å². The molecule has 20 heavy (non-hydrogen) atoms. The van der Waals surface area contributed by atoms with Crippen LogP contribution in [0.4, 0.5) is 0 Å². The van der Waals surface area contributed by atoms with Crippen LogP contribution in [0.25, 0.3) is 10.9 Å². The van der Waals surface area contributed by atoms with E-state index in [1.165, 1.54) is 16.5 Å². The molecule has 4 nitrogen and oxygen atoms in total. The minimum atomic E-state index is -0.772. The van der Waals surface area contributed by atoms with E-state index in [4.69, 9.17) is 5.11 Å². The van der Waals surface area contributed by atoms with E-state index in [2.05, 4.69) is 36.7 Å². The number of aliphatic carboxylic acids is 1. The van der Waals surface area contributed by atoms with Gasteiger partial charge in [0.25, 0.3) is 0 Å². The van der Waals surface area contributed by atoms with Crippen LogP contribution in [0.1, 0.15) is 19.4 Å². The van der Waals surface area contributed by atoms with Crippen LogP contribution in [0.2, 0.25) is 0 Å². The molecule has 0 aliphatic carbocycles. The van der Waals surface area contributed by atoms with Crippen molar-refractivity contribution in [2.75, 3.05) is 13.1 Å². The number of carboxylic acids is 1. The molecule has 0 unspecified atom stereocenters. The fraction of sp³-hybridized carbons (Fsp3) is 0.438. The van der Waals surface area contributed by atoms with Gasteiger partial charge in [0.15, 0.2) is 0 Å². The summed E-state index contributed by atoms with van der Waals surface area (Å²) in [6.45, 7) is 5.76. The van der Waals surface area contributed by atoms with E-state index in [-0.39, 0.29) is 6.54 Å². The molecule has 0 bridgehead atoms. The van der Waals surface area contributed by atoms with Gasteiger partial charge in [0, 0.05) is 37.2 Å². The number of benzene rings is 1. The number of aryl methyl sites for hydroxylation is 1. The molecule has 2 aromatic rings. The Balaban J connectivity index is 2.25. The quantitative estimate of drug-likeness (QED) is 0.881. The molecule has 0 fully saturated rings. The average Bonchev–Trinajstić information content (AvgIpc) is 2.65. The van der Waals surface area contributed by atoms with Crippen molar-refractivity contribution in [2.45, 2.75) is 20.4 Å². The lowest BCUT2D eigenvalue weighted by Crippen LogP contribution is -2.32. The Morgan fingerprint density at radius 2 is 2.05 bits per heavy atom. The summed E-state index contributed by atoms with van der Waals surface area (Å²) in [5.74, 6) is -0.324. The summed E-state index contributed by atoms with van der Waals surface area (Å²) in [6.07, 6.45) is 2.10. The highest BCUT2D eigenvalue weighted by atomic mass is 16.4. The average molecular weight is 274 g/mol. The molecule has 1 N–H and O–H groups in total. The van der Waals surface area contributed by atoms with Crippen molar-refractivity contribution in [3.8, 4) is 0 Å². The molecular weight excluding hydrogens is 252 g/mol. The van der Waals surface area contributed by atoms with E-state index in [0.29, 0.717) is 12.5 Å². The van der Waals surface area contributed by atoms with Gasteiger partial charge in [-0.05, 0) is 17.5 Å². The monoisotopic (exact) mass is 274 g/mol. The maximum absolute atomic E-state index is 11.0. The van der Waals surface area contributed by atoms with Crippen molar-refractivity contribution >= 4 is 16.9 Å². The summed E-state index contributed by atoms with van der Waals surface area (Å²) >= 11 is 0. The number of fused-ring (bicyclic) bond motifs is 1. The summed E-state index contributed by atoms with van der Waals surface area (Å²) in [7, 11) is 2.02. The number of nitrogens with zero attached hydrogens (tertiary/aromatic N) is 2. The number of hydrogen-bond donors (Lipinski definition) is 1. The highest BCUT2D eigenvalue weighted by Gasteiger charge is 2.14. The van der Waals surface area contributed by atoms with Crippen LogP contribution in [0.15, 0.2) is 30.5 Å². The van der Waals surface area contributed by atoms with Gasteiger partial charge < -0.3 is 9.67 Å². The van der Waals surface area contributed by atoms with Crippen molar-refractivity contribution < 1.29 is 9.90 Å². The lowest BCUT2D eigenvalue weighted by molar-refractivity contribution is -0.138. The standard InChI is InChI=1S/C16H22N2O2/c1-12(2)8-18(11-16(19)20)10-13-9-17(3)15-7-5-4-6-14(13)15/h4-7,9,12H,8,10-11H2,1-3H3,(H,19,20). The number of para-hydroxylation sites is 1. The third kappa shape index (κ3) is 3.39. The number of carbonyl (C=O) groups is 1. The Bertz CT molecular complexity index is 602. The molecular formula is C16H22N2O2. The third-order valence-corrected chi connectivity index (χ3v) is 3.36. The van der Waals surface area contributed by atoms with E-state index in [9.17, 15) is 4.79 Å². The van der Waals surface area contributed by atoms with E-state index >= 15 is 0 Å². The Labute approximate surface area is 119 Å². The van der Waals surface area contributed by atoms with Crippen LogP contribution in [0.3, 0.4) is 0 Å². The Morgan fingerprint density at radius 1 is 1.35 bits per heavy atom. The minimum Gasteiger partial charge on any atom is -0.480 e. The summed E-state index contributed by atoms with van der Waals surface area (Å²) in [5, 5.41) is 10.2. The van der Waals surface area contributed by atoms with Gasteiger partial charge in [-0.2, -0.15) is 0 Å². The second-order valence-electron chi connectivity index (χ2n) is 5.74. The first kappa shape index (κ1) is 14.6. The Kier molecular flexibility index (Phi) is 4.45. The molecule has 0 saturated heterocycles. The molecule has 0 radical (unpaired) electrons. The smallest absolute Gasteiger partial charge is 0.317 e. The predicted octanol–water partition coefficient (Wildman–Crippen LogP) is 2.72. The molecule has 1 heterocycles. The molecule has 0 atom stereocenters. The van der Waals surface area contributed by atoms with Gasteiger partial charge in [0.1, 0.15) is 0 Å². The van der Waals surface area contributed by atoms with Crippen molar-refractivity contribution in [3.63, 3.8) is 0 Å². The first-order valence-corrected chi connectivity index (χ1v) is 6.94. The molecule has 4 heteroatoms. The fourth-order valence-electron chi connectivity index (χ4n) is 2.69. The SMILES string of the molecule is CC(C)CN(CC(=O)O)Cc1cn(C)c2ccccc12. The molecule has 2 rings (SSSR count). The summed E-state index contributed by atoms with van der Waals surface area (Å²) in [4.78, 5) is 13.0. The van der Waals surface area contributed by atoms with Crippen LogP contribution in [-0.4, -0.2) is 33.6 Å². The van der Waals surface area contributed by atoms with Crippen LogP contribution in [0, 0.1) is 5.92 Å². The zero-order chi connectivity index (χ0) is 14.7. The van der Waals surface area contributed by atoms with Gasteiger partial charge in [-0.3, -0.25) is 9.69 Å². The fourth-order valence-corrected chi connectivity index (χ4v) is 2.69. The van der Waals surface area contributed by atoms with Gasteiger partial charge in [0.2, 0.25) is 0 Å². The molecule has 0 spiro atoms. The molecule has 0 aliphatic heterocycles. The zero-order valence-electron chi connectivity index (χ0n) is 12.3. The number of hydrogen-bond acceptors (Lipinski definition) is 2. The third-order valence-electron chi connectivity index (χ3n) is 3.36. The van der Waals surface area contributed by atoms with Crippen molar-refractivity contribution in [1.29, 1.82) is 0 Å². The van der Waals surface area contributed by atoms with E-state index < -0.39 is 5.97 Å². The molecule has 1 aromatic carbocycles. The maximum atomic E-state index is 11.0. The number of aromatic nitrogens is 1. The molecule has 0 amide bonds. The molecule has 0 saturated carbocycles. The van der Waals surface area contributed by atoms with Crippen LogP contribution in [0.5, 0.6) is 0 Å². The number of rotatable bonds is 6. The maximum Gasteiger partial charge on any atom is 0.317 e. The number of carboxylic acid groups (broad SMARTS) is 1. The second kappa shape index (κ2) is 6.09. The summed E-state index contributed by atoms with van der Waals surface area (Å²) in [6, 6.07) is 8.23. The van der Waals surface area contributed by atoms with Crippen molar-refractivity contribution in [2.24, 2.45) is 13.0 Å². The van der Waals surface area contributed by atoms with Crippen LogP contribution in [-0.2, 0) is 18.4 Å². The first-order chi connectivity index (χ1) is 9.47. The van der Waals surface area contributed by atoms with Gasteiger partial charge in [0.05, 0.1) is 6.54 Å². The van der Waals surface area contributed by atoms with Crippen LogP contribution < -0.4 is 0 Å². The van der Waals surface area contributed by atoms with Crippen molar-refractivity contribution in [1.82, 2.24) is 9.47 Å². The highest BCUT2D eigenvalue weighted by molar-refractivity contribution is 5.83. The molecule has 108 valence electrons. The van der Waals surface area contributed by atoms with E-state index in [1.807, 2.05) is 24.1 Å². The normalized spacial score (nSPS) is 11.7. The van der Waals surface area contributed by atoms with Gasteiger partial charge in [-0.25, -0.2) is 0 Å². The second-order valence-corrected chi connectivity index (χ2v) is 5.74. The molecule has 0 aliphatic rings. The predicted molar refractivity (Wildman–Crippen MR) is 80.7 cm³/mol. The van der Waals surface area contributed by atoms with Gasteiger partial charge >= 0.3 is 5.97 Å². The lowest BCUT2D eigenvalue weighted by atomic mass is 10.1. The van der Waals surface area contributed by atoms with E-state index in [0.717, 1.165) is 6.54 Å². The zero-order valence-corrected chi connectivity index (χ0v) is 12.3. The largest absolute Gasteiger partial charge is 0.480 e. The minimum absolute atomic E-state index is 0.0847. The van der Waals surface area contributed by atoms with Crippen LogP contribution >= 0.6 is 0 Å². The Morgan fingerprint density at radius 3 is 2.70 bits per heavy atom.